The van der Waals surface area contributed by atoms with Crippen LogP contribution in [0.3, 0.4) is 0 Å². The van der Waals surface area contributed by atoms with E-state index < -0.39 is 5.97 Å². The van der Waals surface area contributed by atoms with Gasteiger partial charge in [-0.3, -0.25) is 4.79 Å². The molecule has 0 spiro atoms. The number of amides is 1. The van der Waals surface area contributed by atoms with Gasteiger partial charge in [-0.15, -0.1) is 0 Å². The van der Waals surface area contributed by atoms with Crippen LogP contribution >= 0.6 is 22.6 Å². The minimum atomic E-state index is -1.08. The fraction of sp³-hybridized carbons (Fsp3) is 0.105. The molecule has 7 nitrogen and oxygen atoms in total. The number of carboxylic acids is 1. The van der Waals surface area contributed by atoms with E-state index in [0.29, 0.717) is 31.9 Å². The average Bonchev–Trinajstić information content (AvgIpc) is 2.92. The van der Waals surface area contributed by atoms with Gasteiger partial charge in [0.25, 0.3) is 5.91 Å². The molecule has 2 aromatic carbocycles. The molecular formula is C19H15IN2O5. The van der Waals surface area contributed by atoms with Gasteiger partial charge in [0.05, 0.1) is 33.2 Å². The molecule has 27 heavy (non-hydrogen) atoms. The molecule has 138 valence electrons. The third-order valence-electron chi connectivity index (χ3n) is 3.98. The zero-order chi connectivity index (χ0) is 19.7. The molecule has 0 aliphatic carbocycles. The van der Waals surface area contributed by atoms with E-state index in [1.54, 1.807) is 37.3 Å². The minimum Gasteiger partial charge on any atom is -0.504 e. The summed E-state index contributed by atoms with van der Waals surface area (Å²) in [7, 11) is 1.45. The summed E-state index contributed by atoms with van der Waals surface area (Å²) in [5.41, 5.74) is 2.00. The van der Waals surface area contributed by atoms with Crippen molar-refractivity contribution in [2.75, 3.05) is 12.1 Å². The van der Waals surface area contributed by atoms with E-state index in [1.165, 1.54) is 24.3 Å². The number of rotatable bonds is 4. The van der Waals surface area contributed by atoms with E-state index in [0.717, 1.165) is 0 Å². The van der Waals surface area contributed by atoms with Gasteiger partial charge in [0.15, 0.2) is 11.5 Å². The number of hydrazone groups is 1. The number of aromatic hydroxyl groups is 1. The first kappa shape index (κ1) is 18.9. The Bertz CT molecular complexity index is 1010. The number of nitrogens with zero attached hydrogens (tertiary/aromatic N) is 2. The van der Waals surface area contributed by atoms with E-state index in [1.807, 2.05) is 22.6 Å². The number of methoxy groups -OCH3 is 1. The molecule has 1 aliphatic rings. The van der Waals surface area contributed by atoms with E-state index in [-0.39, 0.29) is 17.2 Å². The summed E-state index contributed by atoms with van der Waals surface area (Å²) in [5.74, 6) is -1.10. The number of halogens is 1. The van der Waals surface area contributed by atoms with Gasteiger partial charge in [-0.05, 0) is 71.5 Å². The predicted octanol–water partition coefficient (Wildman–Crippen LogP) is 3.51. The highest BCUT2D eigenvalue weighted by Gasteiger charge is 2.29. The van der Waals surface area contributed by atoms with Crippen molar-refractivity contribution in [3.63, 3.8) is 0 Å². The van der Waals surface area contributed by atoms with Crippen molar-refractivity contribution >= 4 is 51.9 Å². The molecule has 1 amide bonds. The molecule has 0 unspecified atom stereocenters. The molecule has 3 rings (SSSR count). The lowest BCUT2D eigenvalue weighted by atomic mass is 10.1. The fourth-order valence-electron chi connectivity index (χ4n) is 2.63. The number of phenols is 1. The number of benzene rings is 2. The lowest BCUT2D eigenvalue weighted by Crippen LogP contribution is -2.21. The third-order valence-corrected chi connectivity index (χ3v) is 4.80. The summed E-state index contributed by atoms with van der Waals surface area (Å²) in [6.07, 6.45) is 1.66. The van der Waals surface area contributed by atoms with Crippen LogP contribution in [0.4, 0.5) is 5.69 Å². The van der Waals surface area contributed by atoms with Crippen LogP contribution in [0.25, 0.3) is 6.08 Å². The molecule has 0 atom stereocenters. The topological polar surface area (TPSA) is 99.4 Å². The Labute approximate surface area is 168 Å². The predicted molar refractivity (Wildman–Crippen MR) is 109 cm³/mol. The zero-order valence-electron chi connectivity index (χ0n) is 14.4. The van der Waals surface area contributed by atoms with Gasteiger partial charge in [0, 0.05) is 0 Å². The molecule has 0 fully saturated rings. The Morgan fingerprint density at radius 1 is 1.30 bits per heavy atom. The average molecular weight is 478 g/mol. The first-order valence-corrected chi connectivity index (χ1v) is 8.91. The molecule has 0 saturated carbocycles. The highest BCUT2D eigenvalue weighted by atomic mass is 127. The van der Waals surface area contributed by atoms with Crippen molar-refractivity contribution in [3.05, 3.63) is 56.7 Å². The quantitative estimate of drug-likeness (QED) is 0.518. The highest BCUT2D eigenvalue weighted by Crippen LogP contribution is 2.34. The second kappa shape index (κ2) is 7.39. The minimum absolute atomic E-state index is 0.0375. The second-order valence-corrected chi connectivity index (χ2v) is 6.93. The van der Waals surface area contributed by atoms with Gasteiger partial charge in [-0.25, -0.2) is 4.79 Å². The summed E-state index contributed by atoms with van der Waals surface area (Å²) >= 11 is 1.98. The van der Waals surface area contributed by atoms with Gasteiger partial charge in [0.2, 0.25) is 0 Å². The molecule has 1 aliphatic heterocycles. The van der Waals surface area contributed by atoms with Gasteiger partial charge < -0.3 is 14.9 Å². The van der Waals surface area contributed by atoms with Crippen LogP contribution in [-0.2, 0) is 4.79 Å². The van der Waals surface area contributed by atoms with Crippen LogP contribution < -0.4 is 9.75 Å². The number of phenolic OH excluding ortho intramolecular Hbond substituents is 1. The summed E-state index contributed by atoms with van der Waals surface area (Å²) in [6.45, 7) is 1.70. The van der Waals surface area contributed by atoms with Gasteiger partial charge in [-0.1, -0.05) is 6.07 Å². The number of carbonyl (C=O) groups excluding carboxylic acids is 1. The van der Waals surface area contributed by atoms with Crippen molar-refractivity contribution in [1.29, 1.82) is 0 Å². The number of anilines is 1. The van der Waals surface area contributed by atoms with Crippen LogP contribution in [0.1, 0.15) is 22.8 Å². The monoisotopic (exact) mass is 478 g/mol. The molecule has 0 saturated heterocycles. The number of hydrogen-bond donors (Lipinski definition) is 2. The summed E-state index contributed by atoms with van der Waals surface area (Å²) in [5, 5.41) is 24.5. The molecule has 2 aromatic rings. The first-order valence-electron chi connectivity index (χ1n) is 7.83. The van der Waals surface area contributed by atoms with E-state index in [2.05, 4.69) is 5.10 Å². The van der Waals surface area contributed by atoms with Crippen molar-refractivity contribution in [3.8, 4) is 11.5 Å². The number of aromatic carboxylic acids is 1. The zero-order valence-corrected chi connectivity index (χ0v) is 16.6. The summed E-state index contributed by atoms with van der Waals surface area (Å²) in [6, 6.07) is 9.37. The fourth-order valence-corrected chi connectivity index (χ4v) is 3.25. The Kier molecular flexibility index (Phi) is 5.17. The lowest BCUT2D eigenvalue weighted by molar-refractivity contribution is -0.114. The molecule has 8 heteroatoms. The maximum absolute atomic E-state index is 12.8. The Balaban J connectivity index is 1.99. The molecule has 0 radical (unpaired) electrons. The number of ether oxygens (including phenoxy) is 1. The third kappa shape index (κ3) is 3.65. The lowest BCUT2D eigenvalue weighted by Gasteiger charge is -2.12. The Hall–Kier alpha value is -2.88. The largest absolute Gasteiger partial charge is 0.504 e. The molecular weight excluding hydrogens is 463 g/mol. The normalized spacial score (nSPS) is 15.2. The van der Waals surface area contributed by atoms with Crippen LogP contribution in [0.15, 0.2) is 47.1 Å². The van der Waals surface area contributed by atoms with Crippen LogP contribution in [0.5, 0.6) is 11.5 Å². The van der Waals surface area contributed by atoms with E-state index in [9.17, 15) is 14.7 Å². The van der Waals surface area contributed by atoms with Gasteiger partial charge in [0.1, 0.15) is 0 Å². The van der Waals surface area contributed by atoms with Crippen molar-refractivity contribution in [2.45, 2.75) is 6.92 Å². The van der Waals surface area contributed by atoms with Crippen molar-refractivity contribution in [2.24, 2.45) is 5.10 Å². The first-order chi connectivity index (χ1) is 12.8. The highest BCUT2D eigenvalue weighted by molar-refractivity contribution is 14.1. The molecule has 1 heterocycles. The van der Waals surface area contributed by atoms with E-state index >= 15 is 0 Å². The molecule has 0 bridgehead atoms. The maximum Gasteiger partial charge on any atom is 0.335 e. The number of carboxylic acid groups (broad SMARTS) is 1. The summed E-state index contributed by atoms with van der Waals surface area (Å²) in [4.78, 5) is 24.0. The molecule has 2 N–H and O–H groups in total. The van der Waals surface area contributed by atoms with Crippen LogP contribution in [0, 0.1) is 3.57 Å². The van der Waals surface area contributed by atoms with Crippen LogP contribution in [-0.4, -0.2) is 34.9 Å². The van der Waals surface area contributed by atoms with Gasteiger partial charge in [-0.2, -0.15) is 10.1 Å². The summed E-state index contributed by atoms with van der Waals surface area (Å²) < 4.78 is 5.73. The maximum atomic E-state index is 12.8. The Morgan fingerprint density at radius 3 is 2.70 bits per heavy atom. The van der Waals surface area contributed by atoms with Crippen molar-refractivity contribution in [1.82, 2.24) is 0 Å². The smallest absolute Gasteiger partial charge is 0.335 e. The Morgan fingerprint density at radius 2 is 2.04 bits per heavy atom. The van der Waals surface area contributed by atoms with Gasteiger partial charge >= 0.3 is 5.97 Å². The van der Waals surface area contributed by atoms with Crippen LogP contribution in [0.2, 0.25) is 0 Å². The standard InChI is InChI=1S/C19H15IN2O5/c1-10-14(6-11-7-15(20)17(23)16(8-11)27-2)18(24)22(21-10)13-5-3-4-12(9-13)19(25)26/h3-9,23H,1-2H3,(H,25,26). The SMILES string of the molecule is COc1cc(C=C2C(=O)N(c3cccc(C(=O)O)c3)N=C2C)cc(I)c1O. The second-order valence-electron chi connectivity index (χ2n) is 5.77. The van der Waals surface area contributed by atoms with Crippen molar-refractivity contribution < 1.29 is 24.5 Å². The van der Waals surface area contributed by atoms with E-state index in [4.69, 9.17) is 9.84 Å². The molecule has 0 aromatic heterocycles. The number of hydrogen-bond acceptors (Lipinski definition) is 5. The number of carbonyl (C=O) groups is 2.